The number of urea groups is 1. The van der Waals surface area contributed by atoms with Crippen molar-refractivity contribution in [3.63, 3.8) is 0 Å². The molecule has 0 radical (unpaired) electrons. The van der Waals surface area contributed by atoms with Gasteiger partial charge in [0.1, 0.15) is 17.1 Å². The van der Waals surface area contributed by atoms with E-state index >= 15 is 0 Å². The number of benzene rings is 1. The van der Waals surface area contributed by atoms with E-state index in [1.54, 1.807) is 39.8 Å². The van der Waals surface area contributed by atoms with Gasteiger partial charge in [0.05, 0.1) is 11.8 Å². The molecule has 2 aromatic rings. The molecular weight excluding hydrogens is 457 g/mol. The largest absolute Gasteiger partial charge is 0.573 e. The molecule has 1 aromatic heterocycles. The van der Waals surface area contributed by atoms with E-state index in [9.17, 15) is 27.6 Å². The minimum Gasteiger partial charge on any atom is -0.447 e. The van der Waals surface area contributed by atoms with Crippen molar-refractivity contribution in [3.05, 3.63) is 48.2 Å². The summed E-state index contributed by atoms with van der Waals surface area (Å²) in [4.78, 5) is 44.3. The molecule has 1 fully saturated rings. The summed E-state index contributed by atoms with van der Waals surface area (Å²) in [6, 6.07) is 6.97. The van der Waals surface area contributed by atoms with Crippen molar-refractivity contribution in [2.24, 2.45) is 0 Å². The van der Waals surface area contributed by atoms with Crippen molar-refractivity contribution >= 4 is 29.5 Å². The molecule has 12 heteroatoms. The van der Waals surface area contributed by atoms with E-state index in [-0.39, 0.29) is 24.2 Å². The fraction of sp³-hybridized carbons (Fsp3) is 0.364. The molecule has 182 valence electrons. The average Bonchev–Trinajstić information content (AvgIpc) is 2.87. The van der Waals surface area contributed by atoms with E-state index in [0.717, 1.165) is 17.0 Å². The van der Waals surface area contributed by atoms with E-state index in [1.165, 1.54) is 23.2 Å². The van der Waals surface area contributed by atoms with Gasteiger partial charge in [0, 0.05) is 12.7 Å². The van der Waals surface area contributed by atoms with Gasteiger partial charge in [-0.25, -0.2) is 19.5 Å². The van der Waals surface area contributed by atoms with Gasteiger partial charge < -0.3 is 14.4 Å². The Labute approximate surface area is 193 Å². The molecule has 1 aromatic carbocycles. The van der Waals surface area contributed by atoms with Crippen LogP contribution >= 0.6 is 0 Å². The van der Waals surface area contributed by atoms with Crippen LogP contribution in [-0.2, 0) is 16.1 Å². The number of aromatic nitrogens is 1. The predicted octanol–water partition coefficient (Wildman–Crippen LogP) is 4.68. The van der Waals surface area contributed by atoms with E-state index in [1.807, 2.05) is 0 Å². The van der Waals surface area contributed by atoms with Crippen LogP contribution in [0.5, 0.6) is 5.75 Å². The van der Waals surface area contributed by atoms with Crippen molar-refractivity contribution < 1.29 is 37.0 Å². The number of rotatable bonds is 6. The van der Waals surface area contributed by atoms with E-state index < -0.39 is 35.7 Å². The number of carbonyl (C=O) groups is 3. The monoisotopic (exact) mass is 480 g/mol. The number of nitrogens with one attached hydrogen (secondary N) is 1. The van der Waals surface area contributed by atoms with Crippen LogP contribution in [0.4, 0.5) is 34.3 Å². The average molecular weight is 480 g/mol. The summed E-state index contributed by atoms with van der Waals surface area (Å²) in [5.74, 6) is -0.815. The lowest BCUT2D eigenvalue weighted by molar-refractivity contribution is -0.274. The van der Waals surface area contributed by atoms with Gasteiger partial charge in [-0.3, -0.25) is 10.1 Å². The quantitative estimate of drug-likeness (QED) is 0.603. The fourth-order valence-electron chi connectivity index (χ4n) is 3.30. The Kier molecular flexibility index (Phi) is 6.71. The zero-order valence-corrected chi connectivity index (χ0v) is 18.8. The highest BCUT2D eigenvalue weighted by molar-refractivity contribution is 6.22. The molecule has 0 spiro atoms. The van der Waals surface area contributed by atoms with Crippen LogP contribution in [0.1, 0.15) is 33.3 Å². The molecule has 0 bridgehead atoms. The van der Waals surface area contributed by atoms with Crippen molar-refractivity contribution in [1.29, 1.82) is 0 Å². The minimum absolute atomic E-state index is 0.0137. The third-order valence-corrected chi connectivity index (χ3v) is 4.89. The number of nitrogens with zero attached hydrogens (tertiary/aromatic N) is 3. The maximum atomic E-state index is 13.1. The van der Waals surface area contributed by atoms with Crippen LogP contribution in [0.2, 0.25) is 0 Å². The van der Waals surface area contributed by atoms with E-state index in [4.69, 9.17) is 4.74 Å². The Morgan fingerprint density at radius 2 is 1.79 bits per heavy atom. The van der Waals surface area contributed by atoms with Gasteiger partial charge in [-0.1, -0.05) is 0 Å². The number of carbonyl (C=O) groups excluding carboxylic acids is 3. The van der Waals surface area contributed by atoms with Gasteiger partial charge in [0.25, 0.3) is 5.91 Å². The maximum absolute atomic E-state index is 13.1. The lowest BCUT2D eigenvalue weighted by Gasteiger charge is -2.27. The Hall–Kier alpha value is -3.83. The second-order valence-corrected chi connectivity index (χ2v) is 8.24. The van der Waals surface area contributed by atoms with Gasteiger partial charge >= 0.3 is 18.5 Å². The molecule has 9 nitrogen and oxygen atoms in total. The number of hydrogen-bond acceptors (Lipinski definition) is 6. The SMILES string of the molecule is CC(C)OC(=O)Nc1cc(CN2C(=O)N(c3ccc(OC(F)(F)F)cc3)C(=O)C2(C)C)ccn1. The first-order valence-corrected chi connectivity index (χ1v) is 10.2. The van der Waals surface area contributed by atoms with Gasteiger partial charge in [-0.05, 0) is 69.7 Å². The van der Waals surface area contributed by atoms with Crippen LogP contribution in [0.3, 0.4) is 0 Å². The zero-order chi connectivity index (χ0) is 25.3. The van der Waals surface area contributed by atoms with Crippen LogP contribution in [0.15, 0.2) is 42.6 Å². The lowest BCUT2D eigenvalue weighted by atomic mass is 10.0. The highest BCUT2D eigenvalue weighted by atomic mass is 19.4. The molecule has 1 aliphatic heterocycles. The Morgan fingerprint density at radius 1 is 1.15 bits per heavy atom. The molecule has 3 rings (SSSR count). The summed E-state index contributed by atoms with van der Waals surface area (Å²) in [6.45, 7) is 6.54. The highest BCUT2D eigenvalue weighted by Gasteiger charge is 2.51. The number of pyridine rings is 1. The summed E-state index contributed by atoms with van der Waals surface area (Å²) < 4.78 is 46.0. The van der Waals surface area contributed by atoms with Crippen LogP contribution < -0.4 is 15.0 Å². The summed E-state index contributed by atoms with van der Waals surface area (Å²) in [5, 5.41) is 2.49. The van der Waals surface area contributed by atoms with Crippen molar-refractivity contribution in [2.45, 2.75) is 52.2 Å². The molecule has 1 N–H and O–H groups in total. The molecule has 0 atom stereocenters. The first-order valence-electron chi connectivity index (χ1n) is 10.2. The molecule has 0 aliphatic carbocycles. The summed E-state index contributed by atoms with van der Waals surface area (Å²) in [7, 11) is 0. The van der Waals surface area contributed by atoms with Gasteiger partial charge in [0.2, 0.25) is 0 Å². The second kappa shape index (κ2) is 9.20. The van der Waals surface area contributed by atoms with Crippen molar-refractivity contribution in [1.82, 2.24) is 9.88 Å². The summed E-state index contributed by atoms with van der Waals surface area (Å²) in [5.41, 5.74) is -0.556. The van der Waals surface area contributed by atoms with Crippen molar-refractivity contribution in [2.75, 3.05) is 10.2 Å². The second-order valence-electron chi connectivity index (χ2n) is 8.24. The molecule has 0 unspecified atom stereocenters. The van der Waals surface area contributed by atoms with Crippen LogP contribution in [0, 0.1) is 0 Å². The highest BCUT2D eigenvalue weighted by Crippen LogP contribution is 2.34. The fourth-order valence-corrected chi connectivity index (χ4v) is 3.30. The lowest BCUT2D eigenvalue weighted by Crippen LogP contribution is -2.43. The third-order valence-electron chi connectivity index (χ3n) is 4.89. The van der Waals surface area contributed by atoms with Crippen LogP contribution in [-0.4, -0.2) is 45.9 Å². The number of hydrogen-bond donors (Lipinski definition) is 1. The molecule has 1 aliphatic rings. The molecule has 34 heavy (non-hydrogen) atoms. The molecule has 0 saturated carbocycles. The van der Waals surface area contributed by atoms with E-state index in [2.05, 4.69) is 15.0 Å². The zero-order valence-electron chi connectivity index (χ0n) is 18.8. The maximum Gasteiger partial charge on any atom is 0.573 e. The van der Waals surface area contributed by atoms with Gasteiger partial charge in [0.15, 0.2) is 0 Å². The first kappa shape index (κ1) is 24.8. The Balaban J connectivity index is 1.79. The summed E-state index contributed by atoms with van der Waals surface area (Å²) in [6.07, 6.45) is -4.43. The van der Waals surface area contributed by atoms with Gasteiger partial charge in [-0.15, -0.1) is 13.2 Å². The topological polar surface area (TPSA) is 101 Å². The third kappa shape index (κ3) is 5.56. The standard InChI is InChI=1S/C22H23F3N4O5/c1-13(2)33-19(31)27-17-11-14(9-10-26-17)12-28-20(32)29(18(30)21(28,3)4)15-5-7-16(8-6-15)34-22(23,24)25/h5-11,13H,12H2,1-4H3,(H,26,27,31). The minimum atomic E-state index is -4.86. The number of ether oxygens (including phenoxy) is 2. The Morgan fingerprint density at radius 3 is 2.38 bits per heavy atom. The number of alkyl halides is 3. The number of amides is 4. The molecule has 1 saturated heterocycles. The molecular formula is C22H23F3N4O5. The number of halogens is 3. The van der Waals surface area contributed by atoms with Crippen molar-refractivity contribution in [3.8, 4) is 5.75 Å². The summed E-state index contributed by atoms with van der Waals surface area (Å²) >= 11 is 0. The number of anilines is 2. The Bertz CT molecular complexity index is 1090. The predicted molar refractivity (Wildman–Crippen MR) is 115 cm³/mol. The molecule has 4 amide bonds. The smallest absolute Gasteiger partial charge is 0.447 e. The van der Waals surface area contributed by atoms with Crippen LogP contribution in [0.25, 0.3) is 0 Å². The van der Waals surface area contributed by atoms with E-state index in [0.29, 0.717) is 5.56 Å². The number of imide groups is 1. The van der Waals surface area contributed by atoms with Gasteiger partial charge in [-0.2, -0.15) is 0 Å². The first-order chi connectivity index (χ1) is 15.8. The molecule has 2 heterocycles. The normalized spacial score (nSPS) is 15.6.